The molecule has 124 heavy (non-hydrogen) atoms. The van der Waals surface area contributed by atoms with Crippen LogP contribution in [0.4, 0.5) is 0 Å². The molecule has 0 unspecified atom stereocenters. The predicted molar refractivity (Wildman–Crippen MR) is 470 cm³/mol. The standard InChI is InChI=1S/C100H88N16O2.6HI/c1-111-53-39-67(40-54-111)93-79-27-23-75(103-79)91(76-24-28-80(104-76)94(68-41-55-112(2)56-42-68)84-32-36-88(108-84)97(87-35-31-83(93)107-87)71-47-61-115(5)62-48-71)65-15-19-73(20-16-65)99(117)101-51-13-11-9-7-8-10-12-14-52-102-100(118)74-21-17-66(18-22-74)92-77-25-29-81(105-77)95(69-43-57-113(3)58-44-69)85-33-37-89(109-85)98(72-49-63-116(6)64-50-72)90-38-34-86(110-90)96(82-30-26-78(92)106-82)70-45-59-114(4)60-46-70;;;;;;/h15-50,53-64H,7-14,51-52H2,1-6H3,(H2-2,101,102,103,104,105,106,107,108,109,110,117,118);6*1H/q+2;;;;;;/p-2. The zero-order chi connectivity index (χ0) is 80.3. The summed E-state index contributed by atoms with van der Waals surface area (Å²) in [5.41, 5.74) is 30.7. The molecule has 4 aliphatic rings. The van der Waals surface area contributed by atoms with Gasteiger partial charge in [-0.1, -0.05) is 62.8 Å². The molecular weight excluding hydrogens is 2220 g/mol. The fourth-order valence-electron chi connectivity index (χ4n) is 16.3. The van der Waals surface area contributed by atoms with E-state index >= 15 is 0 Å². The number of nitrogens with zero attached hydrogens (tertiary/aromatic N) is 10. The number of aromatic nitrogens is 14. The Kier molecular flexibility index (Phi) is 31.3. The monoisotopic (exact) mass is 2310 g/mol. The Labute approximate surface area is 823 Å². The molecule has 16 bridgehead atoms. The number of amides is 2. The summed E-state index contributed by atoms with van der Waals surface area (Å²) in [5.74, 6) is -0.199. The smallest absolute Gasteiger partial charge is 0.251 e. The zero-order valence-corrected chi connectivity index (χ0v) is 82.3. The van der Waals surface area contributed by atoms with Crippen molar-refractivity contribution in [2.75, 3.05) is 13.1 Å². The number of nitrogens with one attached hydrogen (secondary N) is 6. The Balaban J connectivity index is 0.00000234. The third-order valence-electron chi connectivity index (χ3n) is 22.7. The number of rotatable bonds is 21. The van der Waals surface area contributed by atoms with Crippen LogP contribution in [0.2, 0.25) is 0 Å². The number of benzene rings is 2. The van der Waals surface area contributed by atoms with Crippen LogP contribution in [0.25, 0.3) is 182 Å². The molecule has 0 saturated carbocycles. The molecule has 0 saturated heterocycles. The summed E-state index contributed by atoms with van der Waals surface area (Å²) in [4.78, 5) is 65.1. The summed E-state index contributed by atoms with van der Waals surface area (Å²) >= 11 is 0. The Morgan fingerprint density at radius 2 is 0.379 bits per heavy atom. The number of hydrogen-bond donors (Lipinski definition) is 6. The lowest BCUT2D eigenvalue weighted by atomic mass is 10.0. The van der Waals surface area contributed by atoms with Gasteiger partial charge in [-0.05, 0) is 179 Å². The van der Waals surface area contributed by atoms with Gasteiger partial charge in [0.25, 0.3) is 11.8 Å². The maximum absolute atomic E-state index is 13.9. The minimum absolute atomic E-state index is 0. The van der Waals surface area contributed by atoms with E-state index in [1.165, 1.54) is 0 Å². The van der Waals surface area contributed by atoms with Crippen LogP contribution >= 0.6 is 0 Å². The van der Waals surface area contributed by atoms with Crippen molar-refractivity contribution in [1.82, 2.24) is 50.5 Å². The van der Waals surface area contributed by atoms with Crippen molar-refractivity contribution in [2.45, 2.75) is 51.4 Å². The largest absolute Gasteiger partial charge is 1.00 e. The number of aryl methyl sites for hydroxylation is 6. The van der Waals surface area contributed by atoms with Gasteiger partial charge in [0.2, 0.25) is 0 Å². The van der Waals surface area contributed by atoms with Gasteiger partial charge in [-0.2, -0.15) is 0 Å². The van der Waals surface area contributed by atoms with Gasteiger partial charge < -0.3 is 174 Å². The second-order valence-corrected chi connectivity index (χ2v) is 31.0. The summed E-state index contributed by atoms with van der Waals surface area (Å²) in [6, 6.07) is 58.5. The predicted octanol–water partition coefficient (Wildman–Crippen LogP) is -0.788. The van der Waals surface area contributed by atoms with E-state index in [0.29, 0.717) is 24.2 Å². The average Bonchev–Trinajstić information content (AvgIpc) is 1.62. The molecule has 24 heteroatoms. The number of aromatic amines is 4. The SMILES string of the molecule is C[n+]1ccc(-c2c3nc(c(-c4cc[n+](C)cc4)c4ccc([nH]4)c(-c4cc[n+](C)cc4)c4nc(c(-c5ccc(C(=O)NCCCCCCCCCCNC(=O)c6ccc(-c7c8nc(c(-c9cc[n+](C)cc9)c9ccc([nH]9)c(-c9cc[n+](C)cc9)c9nc(c(-c%10cc[n+](C)cc%10)c%10ccc7[nH]%10)C=C9)C=C8)cc6)cc5)c5ccc2[nH]5)C=C4)C=C3)cc1.[I-].[I-].[I-].[I-].[I-].[I-]. The Hall–Kier alpha value is -10.1. The van der Waals surface area contributed by atoms with E-state index in [1.54, 1.807) is 0 Å². The van der Waals surface area contributed by atoms with Gasteiger partial charge in [-0.3, -0.25) is 9.59 Å². The number of hydrogen-bond acceptors (Lipinski definition) is 6. The second kappa shape index (κ2) is 41.8. The number of unbranched alkanes of at least 4 members (excludes halogenated alkanes) is 7. The maximum atomic E-state index is 13.9. The van der Waals surface area contributed by atoms with E-state index < -0.39 is 0 Å². The van der Waals surface area contributed by atoms with E-state index in [-0.39, 0.29) is 156 Å². The Morgan fingerprint density at radius 1 is 0.226 bits per heavy atom. The molecule has 14 aromatic rings. The molecular formula is C100H92I6N16O2. The lowest BCUT2D eigenvalue weighted by Gasteiger charge is -2.09. The van der Waals surface area contributed by atoms with Crippen LogP contribution in [0, 0.1) is 0 Å². The quantitative estimate of drug-likeness (QED) is 0.0310. The molecule has 4 aliphatic heterocycles. The third-order valence-corrected chi connectivity index (χ3v) is 22.7. The first-order valence-electron chi connectivity index (χ1n) is 40.6. The van der Waals surface area contributed by atoms with Crippen LogP contribution in [0.1, 0.15) is 118 Å². The van der Waals surface area contributed by atoms with Gasteiger partial charge in [0.1, 0.15) is 42.3 Å². The highest BCUT2D eigenvalue weighted by molar-refractivity contribution is 6.04. The Morgan fingerprint density at radius 3 is 0.548 bits per heavy atom. The molecule has 12 aromatic heterocycles. The molecule has 0 spiro atoms. The minimum atomic E-state index is -0.0997. The lowest BCUT2D eigenvalue weighted by Crippen LogP contribution is -3.00. The van der Waals surface area contributed by atoms with E-state index in [4.69, 9.17) is 19.9 Å². The molecule has 626 valence electrons. The summed E-state index contributed by atoms with van der Waals surface area (Å²) in [5, 5.41) is 6.41. The summed E-state index contributed by atoms with van der Waals surface area (Å²) in [7, 11) is 12.2. The first kappa shape index (κ1) is 93.0. The first-order chi connectivity index (χ1) is 57.7. The summed E-state index contributed by atoms with van der Waals surface area (Å²) in [6.07, 6.45) is 49.9. The fourth-order valence-corrected chi connectivity index (χ4v) is 16.3. The van der Waals surface area contributed by atoms with E-state index in [9.17, 15) is 9.59 Å². The van der Waals surface area contributed by atoms with Crippen LogP contribution in [-0.2, 0) is 42.3 Å². The number of halogens is 6. The molecule has 2 amide bonds. The number of fused-ring (bicyclic) bond motifs is 16. The van der Waals surface area contributed by atoms with E-state index in [0.717, 1.165) is 230 Å². The normalized spacial score (nSPS) is 11.5. The minimum Gasteiger partial charge on any atom is -1.00 e. The van der Waals surface area contributed by atoms with Gasteiger partial charge in [-0.25, -0.2) is 47.3 Å². The maximum Gasteiger partial charge on any atom is 0.251 e. The highest BCUT2D eigenvalue weighted by Gasteiger charge is 2.25. The summed E-state index contributed by atoms with van der Waals surface area (Å²) < 4.78 is 12.2. The topological polar surface area (TPSA) is 196 Å². The van der Waals surface area contributed by atoms with Crippen molar-refractivity contribution in [1.29, 1.82) is 0 Å². The molecule has 16 heterocycles. The Bertz CT molecular complexity index is 6260. The highest BCUT2D eigenvalue weighted by Crippen LogP contribution is 2.42. The molecule has 18 nitrogen and oxygen atoms in total. The van der Waals surface area contributed by atoms with Gasteiger partial charge in [0.15, 0.2) is 74.4 Å². The first-order valence-corrected chi connectivity index (χ1v) is 40.6. The number of pyridine rings is 6. The van der Waals surface area contributed by atoms with Crippen LogP contribution in [0.15, 0.2) is 244 Å². The van der Waals surface area contributed by atoms with Crippen molar-refractivity contribution in [3.63, 3.8) is 0 Å². The van der Waals surface area contributed by atoms with Gasteiger partial charge >= 0.3 is 0 Å². The van der Waals surface area contributed by atoms with Crippen LogP contribution in [0.3, 0.4) is 0 Å². The lowest BCUT2D eigenvalue weighted by molar-refractivity contribution is -0.671. The van der Waals surface area contributed by atoms with Crippen molar-refractivity contribution in [2.24, 2.45) is 42.3 Å². The number of H-pyrrole nitrogens is 4. The summed E-state index contributed by atoms with van der Waals surface area (Å²) in [6.45, 7) is 1.19. The van der Waals surface area contributed by atoms with Crippen molar-refractivity contribution >= 4 is 105 Å². The molecule has 6 N–H and O–H groups in total. The molecule has 18 rings (SSSR count). The van der Waals surface area contributed by atoms with Gasteiger partial charge in [0.05, 0.1) is 45.6 Å². The van der Waals surface area contributed by atoms with Crippen molar-refractivity contribution in [3.05, 3.63) is 301 Å². The van der Waals surface area contributed by atoms with Gasteiger partial charge in [0, 0.05) is 186 Å². The molecule has 0 radical (unpaired) electrons. The van der Waals surface area contributed by atoms with Crippen molar-refractivity contribution in [3.8, 4) is 89.0 Å². The number of carbonyl (C=O) groups excluding carboxylic acids is 2. The van der Waals surface area contributed by atoms with Crippen LogP contribution < -0.4 is 182 Å². The highest BCUT2D eigenvalue weighted by atomic mass is 127. The number of carbonyl (C=O) groups is 2. The molecule has 2 aromatic carbocycles. The van der Waals surface area contributed by atoms with Crippen LogP contribution in [-0.4, -0.2) is 64.8 Å². The van der Waals surface area contributed by atoms with E-state index in [1.807, 2.05) is 118 Å². The van der Waals surface area contributed by atoms with E-state index in [2.05, 4.69) is 275 Å². The molecule has 0 fully saturated rings. The molecule has 0 aliphatic carbocycles. The second-order valence-electron chi connectivity index (χ2n) is 31.0. The fraction of sp³-hybridized carbons (Fsp3) is 0.160. The van der Waals surface area contributed by atoms with Crippen LogP contribution in [0.5, 0.6) is 0 Å². The van der Waals surface area contributed by atoms with Gasteiger partial charge in [-0.15, -0.1) is 0 Å². The third kappa shape index (κ3) is 20.2. The van der Waals surface area contributed by atoms with Crippen molar-refractivity contribution < 1.29 is 181 Å². The zero-order valence-electron chi connectivity index (χ0n) is 69.3. The molecule has 0 atom stereocenters. The average molecular weight is 2310 g/mol.